The standard InChI is InChI=1S/C24H23BrFNO4.ClH/c1-28-23-12-18(13-27-9-8-16-2-5-19(26)6-3-16)10-20(25)24(23)29-14-17-4-7-21-22(11-17)31-15-30-21;/h2-7,10-12,27H,8-9,13-15H2,1H3;1H. The first-order chi connectivity index (χ1) is 15.1. The average molecular weight is 525 g/mol. The van der Waals surface area contributed by atoms with Gasteiger partial charge >= 0.3 is 0 Å². The number of halogens is 3. The fourth-order valence-corrected chi connectivity index (χ4v) is 3.92. The number of fused-ring (bicyclic) bond motifs is 1. The Morgan fingerprint density at radius 3 is 2.50 bits per heavy atom. The van der Waals surface area contributed by atoms with Crippen LogP contribution < -0.4 is 24.3 Å². The van der Waals surface area contributed by atoms with Crippen LogP contribution >= 0.6 is 28.3 Å². The third-order valence-electron chi connectivity index (χ3n) is 4.94. The molecule has 32 heavy (non-hydrogen) atoms. The van der Waals surface area contributed by atoms with E-state index in [0.29, 0.717) is 24.7 Å². The molecule has 0 fully saturated rings. The topological polar surface area (TPSA) is 49.0 Å². The van der Waals surface area contributed by atoms with Gasteiger partial charge in [0.05, 0.1) is 11.6 Å². The van der Waals surface area contributed by atoms with Crippen molar-refractivity contribution in [2.45, 2.75) is 19.6 Å². The third-order valence-corrected chi connectivity index (χ3v) is 5.53. The highest BCUT2D eigenvalue weighted by Gasteiger charge is 2.15. The summed E-state index contributed by atoms with van der Waals surface area (Å²) in [5, 5.41) is 3.41. The van der Waals surface area contributed by atoms with Gasteiger partial charge in [0.1, 0.15) is 12.4 Å². The molecule has 0 bridgehead atoms. The van der Waals surface area contributed by atoms with Crippen LogP contribution in [0.15, 0.2) is 59.1 Å². The van der Waals surface area contributed by atoms with E-state index < -0.39 is 0 Å². The van der Waals surface area contributed by atoms with Crippen molar-refractivity contribution in [3.05, 3.63) is 81.6 Å². The molecule has 0 radical (unpaired) electrons. The molecule has 4 rings (SSSR count). The molecule has 0 atom stereocenters. The Bertz CT molecular complexity index is 1050. The highest BCUT2D eigenvalue weighted by atomic mass is 79.9. The fraction of sp³-hybridized carbons (Fsp3) is 0.250. The molecule has 0 saturated carbocycles. The van der Waals surface area contributed by atoms with Gasteiger partial charge in [-0.25, -0.2) is 4.39 Å². The Morgan fingerprint density at radius 2 is 1.72 bits per heavy atom. The summed E-state index contributed by atoms with van der Waals surface area (Å²) in [5.41, 5.74) is 3.14. The van der Waals surface area contributed by atoms with E-state index in [-0.39, 0.29) is 25.0 Å². The van der Waals surface area contributed by atoms with Crippen LogP contribution in [0.1, 0.15) is 16.7 Å². The molecule has 3 aromatic carbocycles. The Morgan fingerprint density at radius 1 is 0.969 bits per heavy atom. The molecule has 0 aliphatic carbocycles. The number of hydrogen-bond donors (Lipinski definition) is 1. The zero-order chi connectivity index (χ0) is 21.6. The van der Waals surface area contributed by atoms with Gasteiger partial charge in [0.25, 0.3) is 0 Å². The highest BCUT2D eigenvalue weighted by molar-refractivity contribution is 9.10. The van der Waals surface area contributed by atoms with Gasteiger partial charge < -0.3 is 24.3 Å². The zero-order valence-electron chi connectivity index (χ0n) is 17.5. The summed E-state index contributed by atoms with van der Waals surface area (Å²) in [6.45, 7) is 2.09. The fourth-order valence-electron chi connectivity index (χ4n) is 3.32. The lowest BCUT2D eigenvalue weighted by Gasteiger charge is -2.15. The van der Waals surface area contributed by atoms with Crippen LogP contribution in [0, 0.1) is 5.82 Å². The summed E-state index contributed by atoms with van der Waals surface area (Å²) in [7, 11) is 1.63. The normalized spacial score (nSPS) is 11.7. The number of rotatable bonds is 9. The maximum atomic E-state index is 13.0. The Hall–Kier alpha value is -2.48. The molecule has 0 spiro atoms. The Balaban J connectivity index is 0.00000289. The second-order valence-corrected chi connectivity index (χ2v) is 7.99. The first kappa shape index (κ1) is 24.2. The molecular weight excluding hydrogens is 501 g/mol. The molecule has 0 aromatic heterocycles. The molecule has 1 N–H and O–H groups in total. The third kappa shape index (κ3) is 6.06. The van der Waals surface area contributed by atoms with E-state index in [9.17, 15) is 4.39 Å². The van der Waals surface area contributed by atoms with E-state index in [4.69, 9.17) is 18.9 Å². The predicted molar refractivity (Wildman–Crippen MR) is 127 cm³/mol. The summed E-state index contributed by atoms with van der Waals surface area (Å²) < 4.78 is 36.2. The van der Waals surface area contributed by atoms with Crippen LogP contribution in [0.5, 0.6) is 23.0 Å². The van der Waals surface area contributed by atoms with Crippen LogP contribution in [0.25, 0.3) is 0 Å². The molecule has 5 nitrogen and oxygen atoms in total. The van der Waals surface area contributed by atoms with E-state index in [0.717, 1.165) is 45.6 Å². The second-order valence-electron chi connectivity index (χ2n) is 7.14. The van der Waals surface area contributed by atoms with E-state index in [1.807, 2.05) is 42.5 Å². The van der Waals surface area contributed by atoms with Crippen molar-refractivity contribution in [2.24, 2.45) is 0 Å². The smallest absolute Gasteiger partial charge is 0.231 e. The second kappa shape index (κ2) is 11.4. The summed E-state index contributed by atoms with van der Waals surface area (Å²) in [6, 6.07) is 16.3. The SMILES string of the molecule is COc1cc(CNCCc2ccc(F)cc2)cc(Br)c1OCc1ccc2c(c1)OCO2.Cl. The van der Waals surface area contributed by atoms with Crippen LogP contribution in [0.3, 0.4) is 0 Å². The zero-order valence-corrected chi connectivity index (χ0v) is 19.9. The lowest BCUT2D eigenvalue weighted by molar-refractivity contribution is 0.174. The van der Waals surface area contributed by atoms with Crippen molar-refractivity contribution < 1.29 is 23.3 Å². The number of benzene rings is 3. The number of nitrogens with one attached hydrogen (secondary N) is 1. The monoisotopic (exact) mass is 523 g/mol. The predicted octanol–water partition coefficient (Wildman–Crippen LogP) is 5.66. The minimum absolute atomic E-state index is 0. The van der Waals surface area contributed by atoms with Crippen molar-refractivity contribution in [2.75, 3.05) is 20.4 Å². The van der Waals surface area contributed by atoms with Crippen molar-refractivity contribution in [3.63, 3.8) is 0 Å². The number of hydrogen-bond acceptors (Lipinski definition) is 5. The van der Waals surface area contributed by atoms with Gasteiger partial charge in [-0.3, -0.25) is 0 Å². The van der Waals surface area contributed by atoms with E-state index >= 15 is 0 Å². The van der Waals surface area contributed by atoms with Crippen molar-refractivity contribution in [3.8, 4) is 23.0 Å². The van der Waals surface area contributed by atoms with Gasteiger partial charge in [0.2, 0.25) is 6.79 Å². The Labute approximate surface area is 201 Å². The van der Waals surface area contributed by atoms with Crippen molar-refractivity contribution in [1.82, 2.24) is 5.32 Å². The van der Waals surface area contributed by atoms with Gasteiger partial charge in [0.15, 0.2) is 23.0 Å². The van der Waals surface area contributed by atoms with Crippen LogP contribution in [0.4, 0.5) is 4.39 Å². The summed E-state index contributed by atoms with van der Waals surface area (Å²) in [6.07, 6.45) is 0.829. The molecule has 170 valence electrons. The summed E-state index contributed by atoms with van der Waals surface area (Å²) >= 11 is 3.60. The van der Waals surface area contributed by atoms with Gasteiger partial charge in [-0.15, -0.1) is 12.4 Å². The first-order valence-corrected chi connectivity index (χ1v) is 10.7. The summed E-state index contributed by atoms with van der Waals surface area (Å²) in [4.78, 5) is 0. The average Bonchev–Trinajstić information content (AvgIpc) is 3.25. The molecule has 3 aromatic rings. The lowest BCUT2D eigenvalue weighted by Crippen LogP contribution is -2.16. The summed E-state index contributed by atoms with van der Waals surface area (Å²) in [5.74, 6) is 2.57. The molecule has 1 aliphatic heterocycles. The van der Waals surface area contributed by atoms with E-state index in [2.05, 4.69) is 21.2 Å². The maximum Gasteiger partial charge on any atom is 0.231 e. The Kier molecular flexibility index (Phi) is 8.61. The quantitative estimate of drug-likeness (QED) is 0.366. The van der Waals surface area contributed by atoms with Gasteiger partial charge in [-0.1, -0.05) is 18.2 Å². The van der Waals surface area contributed by atoms with Crippen LogP contribution in [-0.2, 0) is 19.6 Å². The first-order valence-electron chi connectivity index (χ1n) is 9.95. The number of ether oxygens (including phenoxy) is 4. The van der Waals surface area contributed by atoms with Crippen molar-refractivity contribution in [1.29, 1.82) is 0 Å². The molecule has 8 heteroatoms. The highest BCUT2D eigenvalue weighted by Crippen LogP contribution is 2.38. The van der Waals surface area contributed by atoms with Crippen molar-refractivity contribution >= 4 is 28.3 Å². The molecule has 1 aliphatic rings. The van der Waals surface area contributed by atoms with Crippen LogP contribution in [-0.4, -0.2) is 20.4 Å². The van der Waals surface area contributed by atoms with Gasteiger partial charge in [-0.2, -0.15) is 0 Å². The van der Waals surface area contributed by atoms with Gasteiger partial charge in [0, 0.05) is 6.54 Å². The minimum Gasteiger partial charge on any atom is -0.493 e. The lowest BCUT2D eigenvalue weighted by atomic mass is 10.1. The molecular formula is C24H24BrClFNO4. The molecule has 0 amide bonds. The number of methoxy groups -OCH3 is 1. The maximum absolute atomic E-state index is 13.0. The molecule has 1 heterocycles. The minimum atomic E-state index is -0.213. The van der Waals surface area contributed by atoms with E-state index in [1.54, 1.807) is 7.11 Å². The van der Waals surface area contributed by atoms with Gasteiger partial charge in [-0.05, 0) is 82.0 Å². The molecule has 0 saturated heterocycles. The van der Waals surface area contributed by atoms with Crippen LogP contribution in [0.2, 0.25) is 0 Å². The van der Waals surface area contributed by atoms with E-state index in [1.165, 1.54) is 12.1 Å². The largest absolute Gasteiger partial charge is 0.493 e. The molecule has 0 unspecified atom stereocenters.